The molecule has 0 radical (unpaired) electrons. The molecule has 4 heteroatoms. The molecule has 0 fully saturated rings. The smallest absolute Gasteiger partial charge is 0.122 e. The van der Waals surface area contributed by atoms with Gasteiger partial charge in [0.05, 0.1) is 11.4 Å². The third kappa shape index (κ3) is 1.90. The highest BCUT2D eigenvalue weighted by Crippen LogP contribution is 2.16. The summed E-state index contributed by atoms with van der Waals surface area (Å²) in [5.41, 5.74) is 4.31. The number of rotatable bonds is 2. The van der Waals surface area contributed by atoms with Gasteiger partial charge in [-0.25, -0.2) is 4.98 Å². The lowest BCUT2D eigenvalue weighted by atomic mass is 10.1. The van der Waals surface area contributed by atoms with E-state index in [0.29, 0.717) is 6.61 Å². The number of aromatic nitrogens is 2. The van der Waals surface area contributed by atoms with Gasteiger partial charge in [-0.15, -0.1) is 0 Å². The molecule has 2 aromatic rings. The van der Waals surface area contributed by atoms with Gasteiger partial charge in [0.1, 0.15) is 12.4 Å². The Hall–Kier alpha value is -2.10. The molecule has 1 aliphatic heterocycles. The molecular weight excluding hydrogens is 226 g/mol. The van der Waals surface area contributed by atoms with Crippen molar-refractivity contribution in [2.45, 2.75) is 20.3 Å². The predicted octanol–water partition coefficient (Wildman–Crippen LogP) is 2.61. The first-order valence-corrected chi connectivity index (χ1v) is 6.06. The number of oxime groups is 1. The summed E-state index contributed by atoms with van der Waals surface area (Å²) < 4.78 is 2.09. The van der Waals surface area contributed by atoms with Gasteiger partial charge < -0.3 is 9.40 Å². The van der Waals surface area contributed by atoms with E-state index in [4.69, 9.17) is 4.84 Å². The van der Waals surface area contributed by atoms with Crippen LogP contribution in [0.15, 0.2) is 35.6 Å². The van der Waals surface area contributed by atoms with Crippen LogP contribution < -0.4 is 0 Å². The molecule has 1 aromatic heterocycles. The molecule has 0 saturated heterocycles. The average molecular weight is 241 g/mol. The van der Waals surface area contributed by atoms with Crippen LogP contribution in [0.1, 0.15) is 23.5 Å². The molecule has 0 bridgehead atoms. The molecule has 0 atom stereocenters. The Morgan fingerprint density at radius 1 is 1.17 bits per heavy atom. The van der Waals surface area contributed by atoms with E-state index < -0.39 is 0 Å². The molecule has 4 nitrogen and oxygen atoms in total. The zero-order valence-electron chi connectivity index (χ0n) is 10.6. The van der Waals surface area contributed by atoms with Crippen LogP contribution in [0.25, 0.3) is 5.69 Å². The number of aryl methyl sites for hydroxylation is 2. The predicted molar refractivity (Wildman–Crippen MR) is 70.1 cm³/mol. The molecule has 1 aromatic carbocycles. The fraction of sp³-hybridized carbons (Fsp3) is 0.286. The molecule has 3 rings (SSSR count). The summed E-state index contributed by atoms with van der Waals surface area (Å²) in [5, 5.41) is 4.03. The molecule has 18 heavy (non-hydrogen) atoms. The van der Waals surface area contributed by atoms with Crippen molar-refractivity contribution in [1.82, 2.24) is 9.55 Å². The summed E-state index contributed by atoms with van der Waals surface area (Å²) in [6.45, 7) is 4.70. The topological polar surface area (TPSA) is 39.4 Å². The van der Waals surface area contributed by atoms with Crippen LogP contribution in [0, 0.1) is 13.8 Å². The lowest BCUT2D eigenvalue weighted by Crippen LogP contribution is -1.99. The summed E-state index contributed by atoms with van der Waals surface area (Å²) in [4.78, 5) is 9.43. The first-order chi connectivity index (χ1) is 8.74. The van der Waals surface area contributed by atoms with Gasteiger partial charge in [-0.2, -0.15) is 0 Å². The normalized spacial score (nSPS) is 14.4. The minimum atomic E-state index is 0.691. The van der Waals surface area contributed by atoms with Gasteiger partial charge in [0.15, 0.2) is 0 Å². The van der Waals surface area contributed by atoms with Gasteiger partial charge in [0, 0.05) is 18.3 Å². The van der Waals surface area contributed by atoms with Gasteiger partial charge in [-0.3, -0.25) is 0 Å². The highest BCUT2D eigenvalue weighted by molar-refractivity contribution is 6.01. The maximum absolute atomic E-state index is 5.02. The Morgan fingerprint density at radius 3 is 2.50 bits per heavy atom. The third-order valence-electron chi connectivity index (χ3n) is 3.09. The van der Waals surface area contributed by atoms with Crippen LogP contribution >= 0.6 is 0 Å². The van der Waals surface area contributed by atoms with Crippen molar-refractivity contribution >= 4 is 5.71 Å². The summed E-state index contributed by atoms with van der Waals surface area (Å²) in [7, 11) is 0. The summed E-state index contributed by atoms with van der Waals surface area (Å²) in [6.07, 6.45) is 2.93. The molecule has 2 heterocycles. The van der Waals surface area contributed by atoms with E-state index in [1.807, 2.05) is 20.0 Å². The van der Waals surface area contributed by atoms with Crippen LogP contribution in [0.2, 0.25) is 0 Å². The molecule has 0 amide bonds. The molecule has 0 unspecified atom stereocenters. The van der Waals surface area contributed by atoms with E-state index in [1.165, 1.54) is 0 Å². The van der Waals surface area contributed by atoms with Crippen LogP contribution in [-0.4, -0.2) is 21.9 Å². The molecule has 0 spiro atoms. The first-order valence-electron chi connectivity index (χ1n) is 6.06. The molecule has 0 N–H and O–H groups in total. The zero-order valence-corrected chi connectivity index (χ0v) is 10.6. The molecule has 0 aliphatic carbocycles. The lowest BCUT2D eigenvalue weighted by Gasteiger charge is -2.06. The van der Waals surface area contributed by atoms with Crippen LogP contribution in [-0.2, 0) is 4.84 Å². The van der Waals surface area contributed by atoms with Crippen molar-refractivity contribution in [3.63, 3.8) is 0 Å². The van der Waals surface area contributed by atoms with Crippen molar-refractivity contribution in [2.75, 3.05) is 6.61 Å². The summed E-state index contributed by atoms with van der Waals surface area (Å²) >= 11 is 0. The lowest BCUT2D eigenvalue weighted by molar-refractivity contribution is 0.174. The Bertz CT molecular complexity index is 596. The quantitative estimate of drug-likeness (QED) is 0.810. The van der Waals surface area contributed by atoms with Gasteiger partial charge in [-0.05, 0) is 31.5 Å². The number of hydrogen-bond acceptors (Lipinski definition) is 3. The zero-order chi connectivity index (χ0) is 12.5. The van der Waals surface area contributed by atoms with Crippen molar-refractivity contribution in [1.29, 1.82) is 0 Å². The second kappa shape index (κ2) is 4.29. The van der Waals surface area contributed by atoms with Crippen molar-refractivity contribution < 1.29 is 4.84 Å². The summed E-state index contributed by atoms with van der Waals surface area (Å²) in [6, 6.07) is 8.34. The molecular formula is C14H15N3O. The minimum Gasteiger partial charge on any atom is -0.395 e. The van der Waals surface area contributed by atoms with E-state index in [9.17, 15) is 0 Å². The number of hydrogen-bond donors (Lipinski definition) is 0. The number of benzene rings is 1. The highest BCUT2D eigenvalue weighted by atomic mass is 16.6. The minimum absolute atomic E-state index is 0.691. The van der Waals surface area contributed by atoms with Gasteiger partial charge in [0.2, 0.25) is 0 Å². The molecule has 0 saturated carbocycles. The van der Waals surface area contributed by atoms with Crippen LogP contribution in [0.5, 0.6) is 0 Å². The number of nitrogens with zero attached hydrogens (tertiary/aromatic N) is 3. The molecule has 1 aliphatic rings. The van der Waals surface area contributed by atoms with E-state index in [1.54, 1.807) is 0 Å². The average Bonchev–Trinajstić information content (AvgIpc) is 2.99. The van der Waals surface area contributed by atoms with Crippen LogP contribution in [0.3, 0.4) is 0 Å². The van der Waals surface area contributed by atoms with E-state index in [2.05, 4.69) is 39.0 Å². The second-order valence-corrected chi connectivity index (χ2v) is 4.47. The first kappa shape index (κ1) is 11.0. The Kier molecular flexibility index (Phi) is 2.63. The Morgan fingerprint density at radius 2 is 1.94 bits per heavy atom. The fourth-order valence-electron chi connectivity index (χ4n) is 2.20. The van der Waals surface area contributed by atoms with E-state index >= 15 is 0 Å². The van der Waals surface area contributed by atoms with Crippen molar-refractivity contribution in [2.24, 2.45) is 5.16 Å². The highest BCUT2D eigenvalue weighted by Gasteiger charge is 2.11. The standard InChI is InChI=1S/C14H15N3O/c1-10-9-17(11(2)15-10)13-5-3-12(4-6-13)14-7-8-18-16-14/h3-6,9H,7-8H2,1-2H3. The van der Waals surface area contributed by atoms with E-state index in [0.717, 1.165) is 34.9 Å². The molecule has 92 valence electrons. The van der Waals surface area contributed by atoms with Crippen molar-refractivity contribution in [3.8, 4) is 5.69 Å². The Balaban J connectivity index is 1.93. The maximum atomic E-state index is 5.02. The maximum Gasteiger partial charge on any atom is 0.122 e. The Labute approximate surface area is 106 Å². The fourth-order valence-corrected chi connectivity index (χ4v) is 2.20. The van der Waals surface area contributed by atoms with E-state index in [-0.39, 0.29) is 0 Å². The van der Waals surface area contributed by atoms with Crippen molar-refractivity contribution in [3.05, 3.63) is 47.5 Å². The van der Waals surface area contributed by atoms with Crippen LogP contribution in [0.4, 0.5) is 0 Å². The SMILES string of the molecule is Cc1cn(-c2ccc(C3=NOCC3)cc2)c(C)n1. The second-order valence-electron chi connectivity index (χ2n) is 4.47. The third-order valence-corrected chi connectivity index (χ3v) is 3.09. The monoisotopic (exact) mass is 241 g/mol. The van der Waals surface area contributed by atoms with Gasteiger partial charge >= 0.3 is 0 Å². The van der Waals surface area contributed by atoms with Gasteiger partial charge in [0.25, 0.3) is 0 Å². The summed E-state index contributed by atoms with van der Waals surface area (Å²) in [5.74, 6) is 1.00. The largest absolute Gasteiger partial charge is 0.395 e. The number of imidazole rings is 1. The van der Waals surface area contributed by atoms with Gasteiger partial charge in [-0.1, -0.05) is 17.3 Å².